The summed E-state index contributed by atoms with van der Waals surface area (Å²) in [5.74, 6) is 2.17. The predicted octanol–water partition coefficient (Wildman–Crippen LogP) is 3.49. The Morgan fingerprint density at radius 1 is 1.10 bits per heavy atom. The summed E-state index contributed by atoms with van der Waals surface area (Å²) in [7, 11) is 1.63. The van der Waals surface area contributed by atoms with E-state index in [0.717, 1.165) is 39.5 Å². The third-order valence-corrected chi connectivity index (χ3v) is 3.29. The Labute approximate surface area is 115 Å². The molecular formula is C15H11N3O2. The summed E-state index contributed by atoms with van der Waals surface area (Å²) in [5.41, 5.74) is 2.60. The number of fused-ring (bicyclic) bond motifs is 1. The van der Waals surface area contributed by atoms with Crippen LogP contribution in [0.15, 0.2) is 42.9 Å². The Balaban J connectivity index is 2.05. The van der Waals surface area contributed by atoms with Gasteiger partial charge in [-0.15, -0.1) is 0 Å². The van der Waals surface area contributed by atoms with E-state index in [1.807, 2.05) is 24.3 Å². The maximum Gasteiger partial charge on any atom is 0.154 e. The molecule has 0 spiro atoms. The van der Waals surface area contributed by atoms with Crippen molar-refractivity contribution in [2.45, 2.75) is 0 Å². The molecule has 5 nitrogen and oxygen atoms in total. The van der Waals surface area contributed by atoms with E-state index in [1.54, 1.807) is 25.7 Å². The molecule has 0 radical (unpaired) electrons. The molecule has 20 heavy (non-hydrogen) atoms. The van der Waals surface area contributed by atoms with Gasteiger partial charge in [-0.25, -0.2) is 0 Å². The van der Waals surface area contributed by atoms with Gasteiger partial charge in [-0.2, -0.15) is 0 Å². The smallest absolute Gasteiger partial charge is 0.154 e. The van der Waals surface area contributed by atoms with E-state index in [4.69, 9.17) is 9.47 Å². The van der Waals surface area contributed by atoms with E-state index in [0.29, 0.717) is 0 Å². The van der Waals surface area contributed by atoms with Crippen LogP contribution in [0.3, 0.4) is 0 Å². The van der Waals surface area contributed by atoms with Gasteiger partial charge >= 0.3 is 0 Å². The normalized spacial score (nSPS) is 12.1. The van der Waals surface area contributed by atoms with E-state index in [1.165, 1.54) is 0 Å². The van der Waals surface area contributed by atoms with E-state index < -0.39 is 0 Å². The maximum atomic E-state index is 5.99. The molecule has 0 unspecified atom stereocenters. The lowest BCUT2D eigenvalue weighted by atomic mass is 10.1. The minimum Gasteiger partial charge on any atom is -0.497 e. The van der Waals surface area contributed by atoms with Gasteiger partial charge in [0.25, 0.3) is 0 Å². The molecule has 1 aliphatic heterocycles. The second-order valence-electron chi connectivity index (χ2n) is 4.48. The van der Waals surface area contributed by atoms with E-state index >= 15 is 0 Å². The molecule has 0 saturated carbocycles. The number of hydrogen-bond acceptors (Lipinski definition) is 5. The minimum absolute atomic E-state index is 0.717. The van der Waals surface area contributed by atoms with Crippen LogP contribution in [0.2, 0.25) is 0 Å². The molecule has 1 N–H and O–H groups in total. The van der Waals surface area contributed by atoms with Crippen LogP contribution < -0.4 is 14.8 Å². The summed E-state index contributed by atoms with van der Waals surface area (Å²) >= 11 is 0. The van der Waals surface area contributed by atoms with Crippen molar-refractivity contribution in [3.05, 3.63) is 42.9 Å². The zero-order valence-electron chi connectivity index (χ0n) is 10.8. The van der Waals surface area contributed by atoms with Crippen LogP contribution in [0.1, 0.15) is 0 Å². The Hall–Kier alpha value is -2.82. The number of rotatable bonds is 1. The number of methoxy groups -OCH3 is 1. The van der Waals surface area contributed by atoms with Crippen LogP contribution in [0.5, 0.6) is 17.2 Å². The summed E-state index contributed by atoms with van der Waals surface area (Å²) < 4.78 is 11.3. The number of nitrogens with one attached hydrogen (secondary N) is 1. The van der Waals surface area contributed by atoms with Crippen molar-refractivity contribution in [1.82, 2.24) is 9.97 Å². The van der Waals surface area contributed by atoms with Crippen molar-refractivity contribution in [2.75, 3.05) is 12.4 Å². The monoisotopic (exact) mass is 265 g/mol. The molecule has 98 valence electrons. The summed E-state index contributed by atoms with van der Waals surface area (Å²) in [6, 6.07) is 7.50. The minimum atomic E-state index is 0.717. The number of benzene rings is 1. The van der Waals surface area contributed by atoms with Crippen LogP contribution in [0, 0.1) is 0 Å². The highest BCUT2D eigenvalue weighted by molar-refractivity contribution is 6.00. The summed E-state index contributed by atoms with van der Waals surface area (Å²) in [6.07, 6.45) is 5.20. The second kappa shape index (κ2) is 4.09. The number of aromatic nitrogens is 2. The van der Waals surface area contributed by atoms with Gasteiger partial charge in [-0.3, -0.25) is 9.97 Å². The van der Waals surface area contributed by atoms with Crippen molar-refractivity contribution in [1.29, 1.82) is 0 Å². The Morgan fingerprint density at radius 2 is 2.05 bits per heavy atom. The molecular weight excluding hydrogens is 254 g/mol. The maximum absolute atomic E-state index is 5.99. The number of pyridine rings is 2. The summed E-state index contributed by atoms with van der Waals surface area (Å²) in [5, 5.41) is 4.27. The molecule has 3 heterocycles. The van der Waals surface area contributed by atoms with Crippen LogP contribution in [0.25, 0.3) is 10.9 Å². The Kier molecular flexibility index (Phi) is 2.26. The van der Waals surface area contributed by atoms with Crippen LogP contribution >= 0.6 is 0 Å². The van der Waals surface area contributed by atoms with Gasteiger partial charge in [-0.05, 0) is 6.07 Å². The van der Waals surface area contributed by atoms with Crippen LogP contribution in [0.4, 0.5) is 11.4 Å². The fourth-order valence-corrected chi connectivity index (χ4v) is 2.35. The van der Waals surface area contributed by atoms with Crippen LogP contribution in [-0.4, -0.2) is 17.1 Å². The topological polar surface area (TPSA) is 56.3 Å². The standard InChI is InChI=1S/C15H11N3O2/c1-19-9-6-11-15-10(2-5-17-11)18-12-8-16-4-3-13(12)20-14(15)7-9/h2-8,18H,1H3. The van der Waals surface area contributed by atoms with Crippen molar-refractivity contribution in [3.63, 3.8) is 0 Å². The Morgan fingerprint density at radius 3 is 2.95 bits per heavy atom. The van der Waals surface area contributed by atoms with E-state index in [2.05, 4.69) is 15.3 Å². The highest BCUT2D eigenvalue weighted by Crippen LogP contribution is 2.43. The van der Waals surface area contributed by atoms with E-state index in [9.17, 15) is 0 Å². The highest BCUT2D eigenvalue weighted by atomic mass is 16.5. The summed E-state index contributed by atoms with van der Waals surface area (Å²) in [6.45, 7) is 0. The SMILES string of the molecule is COc1cc2c3c(ccnc3c1)Nc1cnccc1O2. The molecule has 0 atom stereocenters. The molecule has 3 aromatic rings. The zero-order chi connectivity index (χ0) is 13.5. The first-order valence-corrected chi connectivity index (χ1v) is 6.21. The van der Waals surface area contributed by atoms with Gasteiger partial charge in [-0.1, -0.05) is 0 Å². The largest absolute Gasteiger partial charge is 0.497 e. The van der Waals surface area contributed by atoms with Crippen molar-refractivity contribution in [3.8, 4) is 17.2 Å². The molecule has 1 aromatic carbocycles. The highest BCUT2D eigenvalue weighted by Gasteiger charge is 2.18. The van der Waals surface area contributed by atoms with Gasteiger partial charge in [0.15, 0.2) is 5.75 Å². The molecule has 2 aromatic heterocycles. The lowest BCUT2D eigenvalue weighted by molar-refractivity contribution is 0.410. The van der Waals surface area contributed by atoms with Crippen LogP contribution in [-0.2, 0) is 0 Å². The number of hydrogen-bond donors (Lipinski definition) is 1. The fraction of sp³-hybridized carbons (Fsp3) is 0.0667. The Bertz CT molecular complexity index is 817. The van der Waals surface area contributed by atoms with Crippen molar-refractivity contribution < 1.29 is 9.47 Å². The average molecular weight is 265 g/mol. The molecule has 4 rings (SSSR count). The third-order valence-electron chi connectivity index (χ3n) is 3.29. The quantitative estimate of drug-likeness (QED) is 0.571. The molecule has 5 heteroatoms. The first kappa shape index (κ1) is 11.0. The first-order chi connectivity index (χ1) is 9.85. The molecule has 0 fully saturated rings. The van der Waals surface area contributed by atoms with Crippen molar-refractivity contribution in [2.24, 2.45) is 0 Å². The predicted molar refractivity (Wildman–Crippen MR) is 75.9 cm³/mol. The van der Waals surface area contributed by atoms with Gasteiger partial charge in [0.2, 0.25) is 0 Å². The average Bonchev–Trinajstić information content (AvgIpc) is 2.64. The lowest BCUT2D eigenvalue weighted by Gasteiger charge is -2.09. The number of anilines is 2. The third kappa shape index (κ3) is 1.56. The zero-order valence-corrected chi connectivity index (χ0v) is 10.8. The van der Waals surface area contributed by atoms with Crippen molar-refractivity contribution >= 4 is 22.3 Å². The second-order valence-corrected chi connectivity index (χ2v) is 4.48. The fourth-order valence-electron chi connectivity index (χ4n) is 2.35. The molecule has 0 amide bonds. The molecule has 0 aliphatic carbocycles. The molecule has 0 saturated heterocycles. The molecule has 1 aliphatic rings. The van der Waals surface area contributed by atoms with Gasteiger partial charge in [0, 0.05) is 30.6 Å². The molecule has 0 bridgehead atoms. The van der Waals surface area contributed by atoms with E-state index in [-0.39, 0.29) is 0 Å². The lowest BCUT2D eigenvalue weighted by Crippen LogP contribution is -1.91. The first-order valence-electron chi connectivity index (χ1n) is 6.21. The van der Waals surface area contributed by atoms with Gasteiger partial charge in [0.05, 0.1) is 29.9 Å². The van der Waals surface area contributed by atoms with Gasteiger partial charge in [0.1, 0.15) is 17.2 Å². The number of ether oxygens (including phenoxy) is 2. The number of nitrogens with zero attached hydrogens (tertiary/aromatic N) is 2. The summed E-state index contributed by atoms with van der Waals surface area (Å²) in [4.78, 5) is 8.50. The van der Waals surface area contributed by atoms with Gasteiger partial charge < -0.3 is 14.8 Å².